The molecular weight excluding hydrogens is 518 g/mol. The zero-order chi connectivity index (χ0) is 28.2. The molecule has 2 aromatic carbocycles. The van der Waals surface area contributed by atoms with E-state index in [1.54, 1.807) is 30.2 Å². The highest BCUT2D eigenvalue weighted by atomic mass is 16.7. The summed E-state index contributed by atoms with van der Waals surface area (Å²) in [6.45, 7) is 4.03. The van der Waals surface area contributed by atoms with Gasteiger partial charge < -0.3 is 29.0 Å². The van der Waals surface area contributed by atoms with Crippen molar-refractivity contribution in [2.45, 2.75) is 37.8 Å². The van der Waals surface area contributed by atoms with E-state index in [4.69, 9.17) is 18.9 Å². The lowest BCUT2D eigenvalue weighted by Crippen LogP contribution is -2.53. The number of carbonyl (C=O) groups is 3. The summed E-state index contributed by atoms with van der Waals surface area (Å²) in [5, 5.41) is 13.2. The molecule has 4 unspecified atom stereocenters. The smallest absolute Gasteiger partial charge is 0.324 e. The topological polar surface area (TPSA) is 127 Å². The zero-order valence-electron chi connectivity index (χ0n) is 22.7. The number of carboxylic acid groups (broad SMARTS) is 1. The minimum atomic E-state index is -0.967. The fourth-order valence-electron chi connectivity index (χ4n) is 5.92. The number of morpholine rings is 1. The molecule has 3 heterocycles. The van der Waals surface area contributed by atoms with Crippen molar-refractivity contribution >= 4 is 17.9 Å². The van der Waals surface area contributed by atoms with Crippen LogP contribution in [0, 0.1) is 5.92 Å². The van der Waals surface area contributed by atoms with E-state index in [1.807, 2.05) is 36.1 Å². The minimum Gasteiger partial charge on any atom is -0.497 e. The highest BCUT2D eigenvalue weighted by Gasteiger charge is 2.51. The minimum absolute atomic E-state index is 0.113. The van der Waals surface area contributed by atoms with Gasteiger partial charge in [0.15, 0.2) is 11.5 Å². The number of urea groups is 1. The molecule has 3 aliphatic heterocycles. The number of ether oxygens (including phenoxy) is 4. The average Bonchev–Trinajstić information content (AvgIpc) is 3.61. The summed E-state index contributed by atoms with van der Waals surface area (Å²) in [6.07, 6.45) is 1.12. The number of nitrogens with one attached hydrogen (secondary N) is 1. The third-order valence-corrected chi connectivity index (χ3v) is 7.90. The van der Waals surface area contributed by atoms with E-state index in [1.165, 1.54) is 0 Å². The molecule has 5 rings (SSSR count). The normalized spacial score (nSPS) is 23.1. The molecule has 0 saturated carbocycles. The molecule has 3 amide bonds. The Morgan fingerprint density at radius 2 is 1.75 bits per heavy atom. The Morgan fingerprint density at radius 3 is 2.42 bits per heavy atom. The Morgan fingerprint density at radius 1 is 1.05 bits per heavy atom. The molecule has 11 heteroatoms. The number of amides is 3. The lowest BCUT2D eigenvalue weighted by atomic mass is 9.82. The number of carbonyl (C=O) groups excluding carboxylic acids is 2. The van der Waals surface area contributed by atoms with Crippen LogP contribution in [-0.2, 0) is 14.3 Å². The molecule has 0 aliphatic carbocycles. The third kappa shape index (κ3) is 5.57. The summed E-state index contributed by atoms with van der Waals surface area (Å²) < 4.78 is 21.7. The standard InChI is InChI=1S/C29H35N3O8/c1-3-4-22(27(33)30-29(36)31-11-13-38-14-12-31)32-16-21(19-7-10-23-24(15-19)40-17-39-23)25(28(34)35)26(32)18-5-8-20(37-2)9-6-18/h5-10,15,21-22,25-26H,3-4,11-14,16-17H2,1-2H3,(H,34,35)(H,30,33,36). The molecule has 2 saturated heterocycles. The van der Waals surface area contributed by atoms with Gasteiger partial charge in [0.2, 0.25) is 12.7 Å². The van der Waals surface area contributed by atoms with E-state index in [0.717, 1.165) is 11.1 Å². The van der Waals surface area contributed by atoms with Crippen LogP contribution < -0.4 is 19.5 Å². The Hall–Kier alpha value is -3.83. The fourth-order valence-corrected chi connectivity index (χ4v) is 5.92. The van der Waals surface area contributed by atoms with E-state index < -0.39 is 41.8 Å². The van der Waals surface area contributed by atoms with Gasteiger partial charge in [-0.3, -0.25) is 19.8 Å². The van der Waals surface area contributed by atoms with Crippen molar-refractivity contribution in [3.05, 3.63) is 53.6 Å². The number of benzene rings is 2. The molecule has 4 atom stereocenters. The molecule has 11 nitrogen and oxygen atoms in total. The monoisotopic (exact) mass is 553 g/mol. The van der Waals surface area contributed by atoms with Crippen LogP contribution >= 0.6 is 0 Å². The van der Waals surface area contributed by atoms with Crippen LogP contribution in [-0.4, -0.2) is 85.6 Å². The predicted octanol–water partition coefficient (Wildman–Crippen LogP) is 3.00. The van der Waals surface area contributed by atoms with Gasteiger partial charge >= 0.3 is 12.0 Å². The van der Waals surface area contributed by atoms with E-state index in [9.17, 15) is 19.5 Å². The van der Waals surface area contributed by atoms with Gasteiger partial charge in [0.05, 0.1) is 32.3 Å². The largest absolute Gasteiger partial charge is 0.497 e. The van der Waals surface area contributed by atoms with Gasteiger partial charge in [0.1, 0.15) is 5.75 Å². The molecule has 214 valence electrons. The third-order valence-electron chi connectivity index (χ3n) is 7.90. The Kier molecular flexibility index (Phi) is 8.41. The quantitative estimate of drug-likeness (QED) is 0.507. The summed E-state index contributed by atoms with van der Waals surface area (Å²) in [4.78, 5) is 43.0. The number of hydrogen-bond acceptors (Lipinski definition) is 8. The predicted molar refractivity (Wildman–Crippen MR) is 143 cm³/mol. The second kappa shape index (κ2) is 12.1. The summed E-state index contributed by atoms with van der Waals surface area (Å²) in [6, 6.07) is 10.9. The van der Waals surface area contributed by atoms with Gasteiger partial charge in [-0.1, -0.05) is 31.5 Å². The average molecular weight is 554 g/mol. The Bertz CT molecular complexity index is 1230. The van der Waals surface area contributed by atoms with E-state index in [2.05, 4.69) is 5.32 Å². The fraction of sp³-hybridized carbons (Fsp3) is 0.483. The highest BCUT2D eigenvalue weighted by molar-refractivity contribution is 5.97. The molecule has 0 radical (unpaired) electrons. The molecule has 0 spiro atoms. The lowest BCUT2D eigenvalue weighted by Gasteiger charge is -2.34. The molecular formula is C29H35N3O8. The number of imide groups is 1. The molecule has 2 fully saturated rings. The van der Waals surface area contributed by atoms with Crippen LogP contribution in [0.15, 0.2) is 42.5 Å². The van der Waals surface area contributed by atoms with E-state index in [0.29, 0.717) is 62.9 Å². The number of hydrogen-bond donors (Lipinski definition) is 2. The second-order valence-electron chi connectivity index (χ2n) is 10.2. The number of methoxy groups -OCH3 is 1. The second-order valence-corrected chi connectivity index (χ2v) is 10.2. The number of aliphatic carboxylic acids is 1. The summed E-state index contributed by atoms with van der Waals surface area (Å²) in [7, 11) is 1.57. The number of likely N-dealkylation sites (tertiary alicyclic amines) is 1. The first-order chi connectivity index (χ1) is 19.4. The Labute approximate surface area is 232 Å². The van der Waals surface area contributed by atoms with Crippen molar-refractivity contribution in [1.82, 2.24) is 15.1 Å². The van der Waals surface area contributed by atoms with Gasteiger partial charge in [-0.2, -0.15) is 0 Å². The van der Waals surface area contributed by atoms with Crippen molar-refractivity contribution in [2.24, 2.45) is 5.92 Å². The number of carboxylic acids is 1. The molecule has 3 aliphatic rings. The van der Waals surface area contributed by atoms with Crippen molar-refractivity contribution in [1.29, 1.82) is 0 Å². The number of nitrogens with zero attached hydrogens (tertiary/aromatic N) is 2. The van der Waals surface area contributed by atoms with Crippen LogP contribution in [0.1, 0.15) is 42.9 Å². The van der Waals surface area contributed by atoms with Crippen molar-refractivity contribution < 1.29 is 38.4 Å². The number of rotatable bonds is 8. The lowest BCUT2D eigenvalue weighted by molar-refractivity contribution is -0.144. The first-order valence-electron chi connectivity index (χ1n) is 13.6. The molecule has 2 aromatic rings. The molecule has 40 heavy (non-hydrogen) atoms. The van der Waals surface area contributed by atoms with E-state index >= 15 is 0 Å². The maximum atomic E-state index is 13.7. The summed E-state index contributed by atoms with van der Waals surface area (Å²) in [5.41, 5.74) is 1.54. The molecule has 2 N–H and O–H groups in total. The highest BCUT2D eigenvalue weighted by Crippen LogP contribution is 2.49. The van der Waals surface area contributed by atoms with Gasteiger partial charge in [0.25, 0.3) is 0 Å². The Balaban J connectivity index is 1.51. The molecule has 0 aromatic heterocycles. The van der Waals surface area contributed by atoms with E-state index in [-0.39, 0.29) is 6.79 Å². The maximum absolute atomic E-state index is 13.7. The van der Waals surface area contributed by atoms with Crippen LogP contribution in [0.3, 0.4) is 0 Å². The van der Waals surface area contributed by atoms with Crippen LogP contribution in [0.25, 0.3) is 0 Å². The van der Waals surface area contributed by atoms with Gasteiger partial charge in [-0.25, -0.2) is 4.79 Å². The number of fused-ring (bicyclic) bond motifs is 1. The van der Waals surface area contributed by atoms with Crippen molar-refractivity contribution in [3.8, 4) is 17.2 Å². The SMILES string of the molecule is CCCC(C(=O)NC(=O)N1CCOCC1)N1CC(c2ccc3c(c2)OCO3)C(C(=O)O)C1c1ccc(OC)cc1. The van der Waals surface area contributed by atoms with Gasteiger partial charge in [-0.05, 0) is 41.8 Å². The van der Waals surface area contributed by atoms with Gasteiger partial charge in [0, 0.05) is 31.6 Å². The van der Waals surface area contributed by atoms with Crippen LogP contribution in [0.2, 0.25) is 0 Å². The van der Waals surface area contributed by atoms with Crippen LogP contribution in [0.4, 0.5) is 4.79 Å². The summed E-state index contributed by atoms with van der Waals surface area (Å²) in [5.74, 6) is -0.885. The van der Waals surface area contributed by atoms with Crippen molar-refractivity contribution in [3.63, 3.8) is 0 Å². The van der Waals surface area contributed by atoms with Crippen molar-refractivity contribution in [2.75, 3.05) is 46.8 Å². The first kappa shape index (κ1) is 27.7. The van der Waals surface area contributed by atoms with Crippen LogP contribution in [0.5, 0.6) is 17.2 Å². The van der Waals surface area contributed by atoms with Gasteiger partial charge in [-0.15, -0.1) is 0 Å². The first-order valence-corrected chi connectivity index (χ1v) is 13.6. The maximum Gasteiger partial charge on any atom is 0.324 e. The molecule has 0 bridgehead atoms. The zero-order valence-corrected chi connectivity index (χ0v) is 22.7. The summed E-state index contributed by atoms with van der Waals surface area (Å²) >= 11 is 0.